The van der Waals surface area contributed by atoms with Crippen molar-refractivity contribution in [2.45, 2.75) is 26.2 Å². The Morgan fingerprint density at radius 1 is 1.53 bits per heavy atom. The van der Waals surface area contributed by atoms with E-state index in [9.17, 15) is 4.79 Å². The molecule has 2 aromatic rings. The summed E-state index contributed by atoms with van der Waals surface area (Å²) < 4.78 is 6.35. The number of rotatable bonds is 2. The van der Waals surface area contributed by atoms with Gasteiger partial charge in [-0.1, -0.05) is 20.8 Å². The molecule has 100 valence electrons. The van der Waals surface area contributed by atoms with Gasteiger partial charge >= 0.3 is 0 Å². The second-order valence-corrected chi connectivity index (χ2v) is 5.39. The third-order valence-electron chi connectivity index (χ3n) is 2.40. The van der Waals surface area contributed by atoms with E-state index in [1.165, 1.54) is 12.5 Å². The molecule has 6 nitrogen and oxygen atoms in total. The molecule has 0 saturated carbocycles. The first-order valence-corrected chi connectivity index (χ1v) is 6.10. The number of hydrogen-bond acceptors (Lipinski definition) is 5. The lowest BCUT2D eigenvalue weighted by atomic mass is 9.93. The normalized spacial score (nSPS) is 12.2. The highest BCUT2D eigenvalue weighted by Crippen LogP contribution is 2.15. The first kappa shape index (κ1) is 13.4. The van der Waals surface area contributed by atoms with Gasteiger partial charge in [-0.3, -0.25) is 9.89 Å². The van der Waals surface area contributed by atoms with Gasteiger partial charge in [0, 0.05) is 5.41 Å². The maximum atomic E-state index is 12.3. The fraction of sp³-hybridized carbons (Fsp3) is 0.333. The van der Waals surface area contributed by atoms with Crippen molar-refractivity contribution in [2.75, 3.05) is 0 Å². The molecule has 1 N–H and O–H groups in total. The van der Waals surface area contributed by atoms with Crippen molar-refractivity contribution in [1.82, 2.24) is 14.9 Å². The van der Waals surface area contributed by atoms with E-state index < -0.39 is 5.41 Å². The number of nitrogens with zero attached hydrogens (tertiary/aromatic N) is 3. The molecule has 19 heavy (non-hydrogen) atoms. The number of nitrogens with one attached hydrogen (secondary N) is 1. The average Bonchev–Trinajstić information content (AvgIpc) is 2.79. The maximum absolute atomic E-state index is 12.3. The maximum Gasteiger partial charge on any atom is 0.297 e. The molecular weight excluding hydrogens is 264 g/mol. The Morgan fingerprint density at radius 2 is 2.26 bits per heavy atom. The Bertz CT molecular complexity index is 705. The number of hydrogen-bond donors (Lipinski definition) is 1. The van der Waals surface area contributed by atoms with Crippen LogP contribution in [0.2, 0.25) is 0 Å². The smallest absolute Gasteiger partial charge is 0.297 e. The van der Waals surface area contributed by atoms with Gasteiger partial charge in [-0.2, -0.15) is 14.9 Å². The van der Waals surface area contributed by atoms with E-state index in [0.29, 0.717) is 11.5 Å². The van der Waals surface area contributed by atoms with Crippen LogP contribution in [0.25, 0.3) is 0 Å². The molecule has 2 heterocycles. The molecule has 0 bridgehead atoms. The number of aromatic nitrogens is 3. The first-order chi connectivity index (χ1) is 8.89. The van der Waals surface area contributed by atoms with Gasteiger partial charge in [-0.15, -0.1) is 0 Å². The zero-order chi connectivity index (χ0) is 14.0. The lowest BCUT2D eigenvalue weighted by Gasteiger charge is -2.16. The van der Waals surface area contributed by atoms with Gasteiger partial charge in [0.25, 0.3) is 5.56 Å². The first-order valence-electron chi connectivity index (χ1n) is 5.69. The molecule has 0 amide bonds. The molecule has 0 aliphatic carbocycles. The number of H-pyrrole nitrogens is 1. The van der Waals surface area contributed by atoms with Gasteiger partial charge < -0.3 is 4.42 Å². The number of furan rings is 1. The largest absolute Gasteiger partial charge is 0.463 e. The van der Waals surface area contributed by atoms with Crippen LogP contribution in [0.1, 0.15) is 32.2 Å². The van der Waals surface area contributed by atoms with Gasteiger partial charge in [-0.25, -0.2) is 0 Å². The summed E-state index contributed by atoms with van der Waals surface area (Å²) in [4.78, 5) is 12.3. The van der Waals surface area contributed by atoms with Crippen molar-refractivity contribution in [2.24, 2.45) is 5.10 Å². The Hall–Kier alpha value is -2.02. The molecule has 0 aliphatic heterocycles. The Kier molecular flexibility index (Phi) is 3.48. The molecule has 2 aromatic heterocycles. The van der Waals surface area contributed by atoms with E-state index in [4.69, 9.17) is 16.6 Å². The monoisotopic (exact) mass is 278 g/mol. The minimum Gasteiger partial charge on any atom is -0.463 e. The van der Waals surface area contributed by atoms with Crippen LogP contribution in [0, 0.1) is 4.77 Å². The van der Waals surface area contributed by atoms with E-state index in [1.807, 2.05) is 20.8 Å². The summed E-state index contributed by atoms with van der Waals surface area (Å²) in [5.41, 5.74) is -0.352. The molecule has 0 radical (unpaired) electrons. The lowest BCUT2D eigenvalue weighted by molar-refractivity contribution is 0.528. The molecule has 0 aliphatic rings. The summed E-state index contributed by atoms with van der Waals surface area (Å²) in [6.07, 6.45) is 2.95. The quantitative estimate of drug-likeness (QED) is 0.674. The Labute approximate surface area is 114 Å². The summed E-state index contributed by atoms with van der Waals surface area (Å²) in [7, 11) is 0. The zero-order valence-corrected chi connectivity index (χ0v) is 11.7. The van der Waals surface area contributed by atoms with Crippen molar-refractivity contribution in [3.05, 3.63) is 45.0 Å². The van der Waals surface area contributed by atoms with Crippen molar-refractivity contribution in [3.63, 3.8) is 0 Å². The van der Waals surface area contributed by atoms with Crippen LogP contribution < -0.4 is 5.56 Å². The van der Waals surface area contributed by atoms with Crippen molar-refractivity contribution >= 4 is 18.4 Å². The Balaban J connectivity index is 2.52. The van der Waals surface area contributed by atoms with E-state index in [2.05, 4.69) is 15.3 Å². The standard InChI is InChI=1S/C12H14N4O2S/c1-12(2,3)9-10(17)16(11(19)15-14-9)13-7-8-5-4-6-18-8/h4-7H,1-3H3,(H,15,19)/b13-7-. The highest BCUT2D eigenvalue weighted by atomic mass is 32.1. The van der Waals surface area contributed by atoms with Gasteiger partial charge in [-0.05, 0) is 24.4 Å². The van der Waals surface area contributed by atoms with Gasteiger partial charge in [0.15, 0.2) is 0 Å². The van der Waals surface area contributed by atoms with Crippen LogP contribution in [0.5, 0.6) is 0 Å². The highest BCUT2D eigenvalue weighted by molar-refractivity contribution is 7.71. The van der Waals surface area contributed by atoms with Gasteiger partial charge in [0.1, 0.15) is 11.5 Å². The fourth-order valence-electron chi connectivity index (χ4n) is 1.46. The molecule has 0 unspecified atom stereocenters. The summed E-state index contributed by atoms with van der Waals surface area (Å²) >= 11 is 5.02. The van der Waals surface area contributed by atoms with E-state index >= 15 is 0 Å². The van der Waals surface area contributed by atoms with Crippen molar-refractivity contribution in [1.29, 1.82) is 0 Å². The van der Waals surface area contributed by atoms with Crippen LogP contribution in [-0.4, -0.2) is 21.1 Å². The van der Waals surface area contributed by atoms with E-state index in [0.717, 1.165) is 4.68 Å². The number of aromatic amines is 1. The minimum absolute atomic E-state index is 0.140. The Morgan fingerprint density at radius 3 is 2.84 bits per heavy atom. The summed E-state index contributed by atoms with van der Waals surface area (Å²) in [5.74, 6) is 0.537. The predicted molar refractivity (Wildman–Crippen MR) is 74.1 cm³/mol. The molecule has 0 saturated heterocycles. The third-order valence-corrected chi connectivity index (χ3v) is 2.67. The van der Waals surface area contributed by atoms with Crippen LogP contribution in [-0.2, 0) is 5.41 Å². The summed E-state index contributed by atoms with van der Waals surface area (Å²) in [5, 5.41) is 10.7. The molecule has 0 atom stereocenters. The fourth-order valence-corrected chi connectivity index (χ4v) is 1.64. The third kappa shape index (κ3) is 2.87. The van der Waals surface area contributed by atoms with Crippen LogP contribution in [0.4, 0.5) is 0 Å². The topological polar surface area (TPSA) is 76.2 Å². The van der Waals surface area contributed by atoms with Crippen molar-refractivity contribution in [3.8, 4) is 0 Å². The second kappa shape index (κ2) is 4.93. The average molecular weight is 278 g/mol. The van der Waals surface area contributed by atoms with Crippen molar-refractivity contribution < 1.29 is 4.42 Å². The van der Waals surface area contributed by atoms with E-state index in [1.54, 1.807) is 12.1 Å². The molecule has 0 spiro atoms. The van der Waals surface area contributed by atoms with Crippen LogP contribution >= 0.6 is 12.2 Å². The second-order valence-electron chi connectivity index (χ2n) is 5.00. The molecule has 7 heteroatoms. The SMILES string of the molecule is CC(C)(C)c1n[nH]c(=S)n(/N=C\c2ccco2)c1=O. The predicted octanol–water partition coefficient (Wildman–Crippen LogP) is 2.07. The van der Waals surface area contributed by atoms with Crippen LogP contribution in [0.3, 0.4) is 0 Å². The lowest BCUT2D eigenvalue weighted by Crippen LogP contribution is -2.32. The summed E-state index contributed by atoms with van der Waals surface area (Å²) in [6, 6.07) is 3.46. The van der Waals surface area contributed by atoms with Crippen LogP contribution in [0.15, 0.2) is 32.7 Å². The highest BCUT2D eigenvalue weighted by Gasteiger charge is 2.21. The molecular formula is C12H14N4O2S. The molecule has 0 fully saturated rings. The van der Waals surface area contributed by atoms with E-state index in [-0.39, 0.29) is 10.3 Å². The van der Waals surface area contributed by atoms with Gasteiger partial charge in [0.05, 0.1) is 12.5 Å². The van der Waals surface area contributed by atoms with Gasteiger partial charge in [0.2, 0.25) is 4.77 Å². The molecule has 0 aromatic carbocycles. The summed E-state index contributed by atoms with van der Waals surface area (Å²) in [6.45, 7) is 5.69. The molecule has 2 rings (SSSR count). The minimum atomic E-state index is -0.390. The zero-order valence-electron chi connectivity index (χ0n) is 10.9.